The number of carbonyl (C=O) groups is 1. The molecule has 0 unspecified atom stereocenters. The minimum absolute atomic E-state index is 0. The van der Waals surface area contributed by atoms with Crippen LogP contribution in [0.4, 0.5) is 0 Å². The van der Waals surface area contributed by atoms with Crippen LogP contribution in [0.2, 0.25) is 0 Å². The predicted octanol–water partition coefficient (Wildman–Crippen LogP) is -2.03. The first-order chi connectivity index (χ1) is 5.11. The van der Waals surface area contributed by atoms with Gasteiger partial charge < -0.3 is 9.52 Å². The number of carbonyl (C=O) groups excluding carboxylic acids is 1. The van der Waals surface area contributed by atoms with Crippen LogP contribution >= 0.6 is 11.3 Å². The summed E-state index contributed by atoms with van der Waals surface area (Å²) in [7, 11) is -3.63. The quantitative estimate of drug-likeness (QED) is 0.465. The van der Waals surface area contributed by atoms with Crippen LogP contribution in [-0.2, 0) is 10.0 Å². The summed E-state index contributed by atoms with van der Waals surface area (Å²) < 4.78 is 24.9. The van der Waals surface area contributed by atoms with Crippen LogP contribution in [0.1, 0.15) is 9.67 Å². The zero-order valence-corrected chi connectivity index (χ0v) is 9.78. The Hall–Kier alpha value is 0.120. The van der Waals surface area contributed by atoms with Gasteiger partial charge in [0.1, 0.15) is 15.9 Å². The molecule has 0 atom stereocenters. The summed E-state index contributed by atoms with van der Waals surface area (Å²) in [6, 6.07) is 1.39. The van der Waals surface area contributed by atoms with Gasteiger partial charge in [0.05, 0.1) is 9.77 Å². The van der Waals surface area contributed by atoms with Gasteiger partial charge in [-0.2, -0.15) is 0 Å². The van der Waals surface area contributed by atoms with Crippen LogP contribution < -0.4 is 29.6 Å². The van der Waals surface area contributed by atoms with Crippen LogP contribution in [-0.4, -0.2) is 14.3 Å². The fourth-order valence-electron chi connectivity index (χ4n) is 0.856. The minimum atomic E-state index is -3.63. The van der Waals surface area contributed by atoms with Crippen molar-refractivity contribution in [2.24, 2.45) is 0 Å². The Morgan fingerprint density at radius 2 is 2.08 bits per heavy atom. The molecular weight excluding hydrogens is 209 g/mol. The smallest absolute Gasteiger partial charge is 0.537 e. The maximum atomic E-state index is 10.9. The van der Waals surface area contributed by atoms with Crippen molar-refractivity contribution in [1.29, 1.82) is 0 Å². The van der Waals surface area contributed by atoms with E-state index in [4.69, 9.17) is 0 Å². The zero-order valence-electron chi connectivity index (χ0n) is 6.14. The normalized spacial score (nSPS) is 17.8. The third kappa shape index (κ3) is 1.33. The van der Waals surface area contributed by atoms with Gasteiger partial charge in [0.25, 0.3) is 0 Å². The zero-order chi connectivity index (χ0) is 8.06. The number of sulfonamides is 1. The van der Waals surface area contributed by atoms with Gasteiger partial charge in [-0.25, -0.2) is 8.42 Å². The van der Waals surface area contributed by atoms with E-state index in [2.05, 4.69) is 4.72 Å². The third-order valence-corrected chi connectivity index (χ3v) is 3.64. The SMILES string of the molecule is O=C1[N-]S(=O)(=O)c2ccsc21.[Na+]. The molecule has 7 heteroatoms. The van der Waals surface area contributed by atoms with Crippen LogP contribution in [0.3, 0.4) is 0 Å². The molecule has 2 heterocycles. The monoisotopic (exact) mass is 211 g/mol. The molecule has 0 saturated heterocycles. The molecule has 1 amide bonds. The summed E-state index contributed by atoms with van der Waals surface area (Å²) in [4.78, 5) is 11.1. The average Bonchev–Trinajstić information content (AvgIpc) is 2.37. The second-order valence-corrected chi connectivity index (χ2v) is 4.47. The molecular formula is C5H2NNaO3S2. The molecule has 4 nitrogen and oxygen atoms in total. The molecule has 0 radical (unpaired) electrons. The fraction of sp³-hybridized carbons (Fsp3) is 0. The maximum absolute atomic E-state index is 10.9. The first-order valence-electron chi connectivity index (χ1n) is 2.71. The van der Waals surface area contributed by atoms with Gasteiger partial charge in [-0.15, -0.1) is 11.3 Å². The van der Waals surface area contributed by atoms with Crippen molar-refractivity contribution >= 4 is 27.3 Å². The number of amides is 1. The number of fused-ring (bicyclic) bond motifs is 1. The predicted molar refractivity (Wildman–Crippen MR) is 39.2 cm³/mol. The largest absolute Gasteiger partial charge is 1.00 e. The molecule has 0 aliphatic carbocycles. The van der Waals surface area contributed by atoms with Gasteiger partial charge in [-0.3, -0.25) is 0 Å². The number of nitrogens with zero attached hydrogens (tertiary/aromatic N) is 1. The molecule has 1 aliphatic rings. The van der Waals surface area contributed by atoms with Gasteiger partial charge in [0.2, 0.25) is 0 Å². The van der Waals surface area contributed by atoms with Gasteiger partial charge in [-0.05, 0) is 11.4 Å². The van der Waals surface area contributed by atoms with Crippen LogP contribution in [0.15, 0.2) is 16.3 Å². The van der Waals surface area contributed by atoms with Gasteiger partial charge >= 0.3 is 29.6 Å². The second-order valence-electron chi connectivity index (χ2n) is 1.99. The van der Waals surface area contributed by atoms with Crippen LogP contribution in [0.5, 0.6) is 0 Å². The Morgan fingerprint density at radius 1 is 1.42 bits per heavy atom. The Kier molecular flexibility index (Phi) is 2.65. The van der Waals surface area contributed by atoms with Crippen molar-refractivity contribution in [3.05, 3.63) is 21.0 Å². The molecule has 0 bridgehead atoms. The Labute approximate surface area is 95.3 Å². The molecule has 0 fully saturated rings. The molecule has 1 aromatic heterocycles. The van der Waals surface area contributed by atoms with Crippen LogP contribution in [0, 0.1) is 0 Å². The van der Waals surface area contributed by atoms with E-state index >= 15 is 0 Å². The van der Waals surface area contributed by atoms with Crippen LogP contribution in [0.25, 0.3) is 4.72 Å². The average molecular weight is 211 g/mol. The number of thiophene rings is 1. The summed E-state index contributed by atoms with van der Waals surface area (Å²) in [6.45, 7) is 0. The Bertz CT molecular complexity index is 422. The molecule has 0 saturated carbocycles. The van der Waals surface area contributed by atoms with E-state index in [9.17, 15) is 13.2 Å². The molecule has 12 heavy (non-hydrogen) atoms. The van der Waals surface area contributed by atoms with Crippen molar-refractivity contribution < 1.29 is 42.8 Å². The van der Waals surface area contributed by atoms with E-state index < -0.39 is 15.9 Å². The van der Waals surface area contributed by atoms with E-state index in [1.807, 2.05) is 0 Å². The van der Waals surface area contributed by atoms with Crippen molar-refractivity contribution in [2.45, 2.75) is 4.90 Å². The Balaban J connectivity index is 0.000000720. The summed E-state index contributed by atoms with van der Waals surface area (Å²) in [5.41, 5.74) is 0. The number of rotatable bonds is 0. The summed E-state index contributed by atoms with van der Waals surface area (Å²) >= 11 is 1.10. The molecule has 0 N–H and O–H groups in total. The van der Waals surface area contributed by atoms with E-state index in [1.54, 1.807) is 5.38 Å². The van der Waals surface area contributed by atoms with Crippen molar-refractivity contribution in [3.8, 4) is 0 Å². The van der Waals surface area contributed by atoms with Crippen molar-refractivity contribution in [2.75, 3.05) is 0 Å². The maximum Gasteiger partial charge on any atom is 1.00 e. The van der Waals surface area contributed by atoms with Gasteiger partial charge in [0, 0.05) is 0 Å². The number of hydrogen-bond donors (Lipinski definition) is 0. The molecule has 0 aromatic carbocycles. The van der Waals surface area contributed by atoms with Crippen molar-refractivity contribution in [3.63, 3.8) is 0 Å². The van der Waals surface area contributed by atoms with E-state index in [1.165, 1.54) is 6.07 Å². The summed E-state index contributed by atoms with van der Waals surface area (Å²) in [5, 5.41) is 1.56. The molecule has 1 aromatic rings. The van der Waals surface area contributed by atoms with Gasteiger partial charge in [-0.1, -0.05) is 0 Å². The Morgan fingerprint density at radius 3 is 2.67 bits per heavy atom. The molecule has 1 aliphatic heterocycles. The summed E-state index contributed by atoms with van der Waals surface area (Å²) in [6.07, 6.45) is 0. The third-order valence-electron chi connectivity index (χ3n) is 1.30. The molecule has 2 rings (SSSR count). The van der Waals surface area contributed by atoms with E-state index in [0.29, 0.717) is 0 Å². The van der Waals surface area contributed by atoms with Crippen molar-refractivity contribution in [1.82, 2.24) is 0 Å². The molecule has 58 valence electrons. The van der Waals surface area contributed by atoms with E-state index in [0.717, 1.165) is 11.3 Å². The van der Waals surface area contributed by atoms with E-state index in [-0.39, 0.29) is 39.3 Å². The van der Waals surface area contributed by atoms with Gasteiger partial charge in [0.15, 0.2) is 0 Å². The standard InChI is InChI=1S/C5H3NO3S2.Na/c7-5-4-3(1-2-10-4)11(8,9)6-5;/h1-2H,(H,6,7);/q;+1/p-1. The first kappa shape index (κ1) is 10.2. The fourth-order valence-corrected chi connectivity index (χ4v) is 3.10. The minimum Gasteiger partial charge on any atom is -0.537 e. The first-order valence-corrected chi connectivity index (χ1v) is 5.03. The topological polar surface area (TPSA) is 65.3 Å². The molecule has 0 spiro atoms. The number of hydrogen-bond acceptors (Lipinski definition) is 4. The summed E-state index contributed by atoms with van der Waals surface area (Å²) in [5.74, 6) is -0.644. The second kappa shape index (κ2) is 3.12.